The van der Waals surface area contributed by atoms with Crippen LogP contribution in [0, 0.1) is 0 Å². The van der Waals surface area contributed by atoms with E-state index >= 15 is 0 Å². The molecule has 0 amide bonds. The van der Waals surface area contributed by atoms with Crippen molar-refractivity contribution in [3.63, 3.8) is 0 Å². The zero-order valence-electron chi connectivity index (χ0n) is 10.4. The predicted molar refractivity (Wildman–Crippen MR) is 83.5 cm³/mol. The van der Waals surface area contributed by atoms with E-state index in [1.165, 1.54) is 0 Å². The Bertz CT molecular complexity index is 838. The second-order valence-electron chi connectivity index (χ2n) is 4.22. The molecular formula is C16H10BrNO2. The van der Waals surface area contributed by atoms with Crippen LogP contribution in [0.4, 0.5) is 0 Å². The molecule has 0 spiro atoms. The van der Waals surface area contributed by atoms with Crippen molar-refractivity contribution in [2.75, 3.05) is 0 Å². The van der Waals surface area contributed by atoms with E-state index in [-0.39, 0.29) is 11.4 Å². The highest BCUT2D eigenvalue weighted by molar-refractivity contribution is 9.15. The lowest BCUT2D eigenvalue weighted by atomic mass is 10.2. The van der Waals surface area contributed by atoms with Crippen LogP contribution in [-0.2, 0) is 0 Å². The van der Waals surface area contributed by atoms with Gasteiger partial charge in [-0.25, -0.2) is 0 Å². The molecule has 20 heavy (non-hydrogen) atoms. The molecule has 0 unspecified atom stereocenters. The van der Waals surface area contributed by atoms with Gasteiger partial charge in [-0.3, -0.25) is 4.79 Å². The van der Waals surface area contributed by atoms with Gasteiger partial charge in [0.15, 0.2) is 0 Å². The van der Waals surface area contributed by atoms with Gasteiger partial charge in [-0.2, -0.15) is 4.98 Å². The zero-order valence-corrected chi connectivity index (χ0v) is 12.0. The minimum absolute atomic E-state index is 0.276. The summed E-state index contributed by atoms with van der Waals surface area (Å²) in [5.41, 5.74) is 1.23. The van der Waals surface area contributed by atoms with Gasteiger partial charge in [-0.05, 0) is 39.7 Å². The summed E-state index contributed by atoms with van der Waals surface area (Å²) >= 11 is 3.41. The van der Waals surface area contributed by atoms with Crippen LogP contribution in [-0.4, -0.2) is 4.98 Å². The molecule has 0 aliphatic rings. The minimum atomic E-state index is -0.291. The fourth-order valence-electron chi connectivity index (χ4n) is 1.87. The standard InChI is InChI=1S/C16H10BrNO2/c17-13(10-11-6-2-1-3-7-11)16-18-15(19)12-8-4-5-9-14(12)20-16/h1-10H/b13-10-. The number of hydrogen-bond acceptors (Lipinski definition) is 3. The molecule has 0 aliphatic carbocycles. The van der Waals surface area contributed by atoms with Crippen molar-refractivity contribution < 1.29 is 4.42 Å². The van der Waals surface area contributed by atoms with Crippen LogP contribution in [0.25, 0.3) is 21.5 Å². The maximum absolute atomic E-state index is 11.9. The van der Waals surface area contributed by atoms with Gasteiger partial charge in [0.2, 0.25) is 5.89 Å². The highest BCUT2D eigenvalue weighted by Crippen LogP contribution is 2.23. The summed E-state index contributed by atoms with van der Waals surface area (Å²) in [4.78, 5) is 15.9. The molecule has 1 heterocycles. The largest absolute Gasteiger partial charge is 0.437 e. The number of nitrogens with zero attached hydrogens (tertiary/aromatic N) is 1. The van der Waals surface area contributed by atoms with Crippen LogP contribution in [0.2, 0.25) is 0 Å². The summed E-state index contributed by atoms with van der Waals surface area (Å²) in [6.45, 7) is 0. The highest BCUT2D eigenvalue weighted by Gasteiger charge is 2.08. The van der Waals surface area contributed by atoms with Gasteiger partial charge in [0.05, 0.1) is 9.87 Å². The summed E-state index contributed by atoms with van der Waals surface area (Å²) in [5.74, 6) is 0.276. The monoisotopic (exact) mass is 327 g/mol. The Balaban J connectivity index is 2.11. The van der Waals surface area contributed by atoms with Crippen molar-refractivity contribution in [1.82, 2.24) is 4.98 Å². The van der Waals surface area contributed by atoms with Crippen molar-refractivity contribution in [2.24, 2.45) is 0 Å². The summed E-state index contributed by atoms with van der Waals surface area (Å²) < 4.78 is 6.28. The van der Waals surface area contributed by atoms with Crippen LogP contribution >= 0.6 is 15.9 Å². The average molecular weight is 328 g/mol. The van der Waals surface area contributed by atoms with Gasteiger partial charge in [0.1, 0.15) is 5.58 Å². The second-order valence-corrected chi connectivity index (χ2v) is 5.08. The van der Waals surface area contributed by atoms with E-state index in [4.69, 9.17) is 4.42 Å². The maximum atomic E-state index is 11.9. The normalized spacial score (nSPS) is 11.8. The fraction of sp³-hybridized carbons (Fsp3) is 0. The van der Waals surface area contributed by atoms with E-state index in [1.807, 2.05) is 42.5 Å². The van der Waals surface area contributed by atoms with Gasteiger partial charge in [0, 0.05) is 0 Å². The number of halogens is 1. The topological polar surface area (TPSA) is 43.1 Å². The van der Waals surface area contributed by atoms with Gasteiger partial charge >= 0.3 is 0 Å². The van der Waals surface area contributed by atoms with Gasteiger partial charge < -0.3 is 4.42 Å². The Morgan fingerprint density at radius 1 is 1.05 bits per heavy atom. The van der Waals surface area contributed by atoms with Gasteiger partial charge in [-0.1, -0.05) is 42.5 Å². The first kappa shape index (κ1) is 12.8. The second kappa shape index (κ2) is 5.43. The number of hydrogen-bond donors (Lipinski definition) is 0. The van der Waals surface area contributed by atoms with E-state index in [0.717, 1.165) is 5.56 Å². The Morgan fingerprint density at radius 3 is 2.55 bits per heavy atom. The first-order valence-corrected chi connectivity index (χ1v) is 6.86. The molecule has 0 radical (unpaired) electrons. The summed E-state index contributed by atoms with van der Waals surface area (Å²) in [6.07, 6.45) is 1.86. The number of fused-ring (bicyclic) bond motifs is 1. The SMILES string of the molecule is O=c1nc(/C(Br)=C/c2ccccc2)oc2ccccc12. The van der Waals surface area contributed by atoms with Crippen molar-refractivity contribution in [3.05, 3.63) is 76.4 Å². The van der Waals surface area contributed by atoms with E-state index in [0.29, 0.717) is 15.5 Å². The van der Waals surface area contributed by atoms with E-state index < -0.39 is 0 Å². The van der Waals surface area contributed by atoms with Crippen molar-refractivity contribution >= 4 is 37.5 Å². The molecule has 1 aromatic heterocycles. The number of rotatable bonds is 2. The molecule has 0 saturated carbocycles. The van der Waals surface area contributed by atoms with Crippen LogP contribution < -0.4 is 5.56 Å². The third kappa shape index (κ3) is 2.56. The molecule has 0 atom stereocenters. The molecule has 0 bridgehead atoms. The quantitative estimate of drug-likeness (QED) is 0.712. The number of aromatic nitrogens is 1. The zero-order chi connectivity index (χ0) is 13.9. The molecule has 0 fully saturated rings. The maximum Gasteiger partial charge on any atom is 0.284 e. The summed E-state index contributed by atoms with van der Waals surface area (Å²) in [5, 5.41) is 0.483. The predicted octanol–water partition coefficient (Wildman–Crippen LogP) is 4.08. The molecule has 0 N–H and O–H groups in total. The number of benzene rings is 2. The molecular weight excluding hydrogens is 318 g/mol. The Labute approximate surface area is 123 Å². The van der Waals surface area contributed by atoms with Crippen molar-refractivity contribution in [2.45, 2.75) is 0 Å². The minimum Gasteiger partial charge on any atom is -0.437 e. The van der Waals surface area contributed by atoms with Crippen molar-refractivity contribution in [1.29, 1.82) is 0 Å². The third-order valence-electron chi connectivity index (χ3n) is 2.82. The average Bonchev–Trinajstić information content (AvgIpc) is 2.48. The molecule has 98 valence electrons. The fourth-order valence-corrected chi connectivity index (χ4v) is 2.31. The Hall–Kier alpha value is -2.20. The molecule has 3 rings (SSSR count). The van der Waals surface area contributed by atoms with Crippen LogP contribution in [0.15, 0.2) is 63.8 Å². The summed E-state index contributed by atoms with van der Waals surface area (Å²) in [7, 11) is 0. The first-order chi connectivity index (χ1) is 9.74. The lowest BCUT2D eigenvalue weighted by Crippen LogP contribution is -2.07. The smallest absolute Gasteiger partial charge is 0.284 e. The summed E-state index contributed by atoms with van der Waals surface area (Å²) in [6, 6.07) is 16.8. The lowest BCUT2D eigenvalue weighted by Gasteiger charge is -2.01. The molecule has 0 aliphatic heterocycles. The van der Waals surface area contributed by atoms with Crippen LogP contribution in [0.5, 0.6) is 0 Å². The molecule has 0 saturated heterocycles. The van der Waals surface area contributed by atoms with Gasteiger partial charge in [0.25, 0.3) is 5.56 Å². The Morgan fingerprint density at radius 2 is 1.75 bits per heavy atom. The molecule has 2 aromatic carbocycles. The van der Waals surface area contributed by atoms with Gasteiger partial charge in [-0.15, -0.1) is 0 Å². The van der Waals surface area contributed by atoms with Crippen LogP contribution in [0.1, 0.15) is 11.5 Å². The first-order valence-electron chi connectivity index (χ1n) is 6.06. The highest BCUT2D eigenvalue weighted by atomic mass is 79.9. The Kier molecular flexibility index (Phi) is 3.48. The van der Waals surface area contributed by atoms with E-state index in [1.54, 1.807) is 18.2 Å². The lowest BCUT2D eigenvalue weighted by molar-refractivity contribution is 0.562. The molecule has 3 nitrogen and oxygen atoms in total. The molecule has 3 aromatic rings. The number of para-hydroxylation sites is 1. The third-order valence-corrected chi connectivity index (χ3v) is 3.39. The van der Waals surface area contributed by atoms with Crippen molar-refractivity contribution in [3.8, 4) is 0 Å². The van der Waals surface area contributed by atoms with E-state index in [2.05, 4.69) is 20.9 Å². The molecule has 4 heteroatoms. The van der Waals surface area contributed by atoms with E-state index in [9.17, 15) is 4.79 Å². The van der Waals surface area contributed by atoms with Crippen LogP contribution in [0.3, 0.4) is 0 Å².